The molecular weight excluding hydrogens is 400 g/mol. The van der Waals surface area contributed by atoms with Gasteiger partial charge in [-0.25, -0.2) is 8.42 Å². The van der Waals surface area contributed by atoms with Crippen molar-refractivity contribution in [1.82, 2.24) is 5.32 Å². The highest BCUT2D eigenvalue weighted by Gasteiger charge is 2.28. The molecule has 152 valence electrons. The summed E-state index contributed by atoms with van der Waals surface area (Å²) in [5, 5.41) is 3.20. The van der Waals surface area contributed by atoms with Gasteiger partial charge >= 0.3 is 0 Å². The molecule has 0 aliphatic heterocycles. The molecule has 0 unspecified atom stereocenters. The molecule has 0 heterocycles. The lowest BCUT2D eigenvalue weighted by atomic mass is 10.1. The van der Waals surface area contributed by atoms with E-state index in [0.29, 0.717) is 10.7 Å². The van der Waals surface area contributed by atoms with Gasteiger partial charge in [0.2, 0.25) is 15.9 Å². The molecule has 0 spiro atoms. The van der Waals surface area contributed by atoms with Crippen LogP contribution in [-0.2, 0) is 14.8 Å². The van der Waals surface area contributed by atoms with Crippen molar-refractivity contribution in [3.63, 3.8) is 0 Å². The molecule has 2 aromatic carbocycles. The maximum atomic E-state index is 12.5. The summed E-state index contributed by atoms with van der Waals surface area (Å²) in [5.74, 6) is 0.322. The highest BCUT2D eigenvalue weighted by molar-refractivity contribution is 7.92. The van der Waals surface area contributed by atoms with E-state index in [2.05, 4.69) is 5.32 Å². The first-order chi connectivity index (χ1) is 13.1. The number of halogens is 1. The number of nitrogens with one attached hydrogen (secondary N) is 1. The Morgan fingerprint density at radius 2 is 1.71 bits per heavy atom. The zero-order chi connectivity index (χ0) is 20.9. The Bertz CT molecular complexity index is 909. The smallest absolute Gasteiger partial charge is 0.243 e. The van der Waals surface area contributed by atoms with Crippen LogP contribution in [0.4, 0.5) is 5.69 Å². The molecule has 8 heteroatoms. The predicted molar refractivity (Wildman–Crippen MR) is 113 cm³/mol. The van der Waals surface area contributed by atoms with E-state index >= 15 is 0 Å². The largest absolute Gasteiger partial charge is 0.492 e. The number of hydrogen-bond acceptors (Lipinski definition) is 4. The summed E-state index contributed by atoms with van der Waals surface area (Å²) in [6, 6.07) is 11.3. The van der Waals surface area contributed by atoms with E-state index in [4.69, 9.17) is 16.3 Å². The monoisotopic (exact) mass is 424 g/mol. The molecule has 28 heavy (non-hydrogen) atoms. The summed E-state index contributed by atoms with van der Waals surface area (Å²) in [4.78, 5) is 12.5. The quantitative estimate of drug-likeness (QED) is 0.659. The number of rotatable bonds is 8. The number of amides is 1. The zero-order valence-corrected chi connectivity index (χ0v) is 18.0. The van der Waals surface area contributed by atoms with Crippen LogP contribution in [0.25, 0.3) is 0 Å². The van der Waals surface area contributed by atoms with Crippen LogP contribution in [0.15, 0.2) is 42.5 Å². The number of ether oxygens (including phenoxy) is 1. The normalized spacial score (nSPS) is 12.3. The Morgan fingerprint density at radius 3 is 2.25 bits per heavy atom. The van der Waals surface area contributed by atoms with Crippen LogP contribution in [0.1, 0.15) is 18.1 Å². The van der Waals surface area contributed by atoms with Crippen molar-refractivity contribution in [1.29, 1.82) is 0 Å². The van der Waals surface area contributed by atoms with Crippen molar-refractivity contribution in [3.8, 4) is 5.75 Å². The summed E-state index contributed by atoms with van der Waals surface area (Å²) >= 11 is 5.87. The van der Waals surface area contributed by atoms with Crippen LogP contribution in [0.2, 0.25) is 5.02 Å². The van der Waals surface area contributed by atoms with Gasteiger partial charge in [-0.2, -0.15) is 0 Å². The van der Waals surface area contributed by atoms with Crippen LogP contribution in [0.5, 0.6) is 5.75 Å². The third-order valence-corrected chi connectivity index (χ3v) is 5.53. The number of hydrogen-bond donors (Lipinski definition) is 1. The molecule has 1 amide bonds. The number of nitrogens with zero attached hydrogens (tertiary/aromatic N) is 1. The van der Waals surface area contributed by atoms with Crippen molar-refractivity contribution in [2.45, 2.75) is 26.8 Å². The minimum Gasteiger partial charge on any atom is -0.492 e. The second-order valence-electron chi connectivity index (χ2n) is 6.67. The molecule has 0 aromatic heterocycles. The van der Waals surface area contributed by atoms with Gasteiger partial charge in [0.05, 0.1) is 18.5 Å². The summed E-state index contributed by atoms with van der Waals surface area (Å²) in [6.07, 6.45) is 1.06. The standard InChI is InChI=1S/C20H25ClN2O4S/c1-14-11-15(2)13-19(12-14)27-10-9-22-20(24)16(3)23(28(4,25)26)18-7-5-17(21)6-8-18/h5-8,11-13,16H,9-10H2,1-4H3,(H,22,24)/t16-/m1/s1. The number of carbonyl (C=O) groups is 1. The Morgan fingerprint density at radius 1 is 1.14 bits per heavy atom. The first kappa shape index (κ1) is 22.0. The average Bonchev–Trinajstić information content (AvgIpc) is 2.58. The first-order valence-corrected chi connectivity index (χ1v) is 11.0. The van der Waals surface area contributed by atoms with Crippen LogP contribution in [-0.4, -0.2) is 39.8 Å². The van der Waals surface area contributed by atoms with Gasteiger partial charge in [-0.15, -0.1) is 0 Å². The van der Waals surface area contributed by atoms with E-state index in [9.17, 15) is 13.2 Å². The van der Waals surface area contributed by atoms with Crippen LogP contribution < -0.4 is 14.4 Å². The minimum absolute atomic E-state index is 0.258. The number of sulfonamides is 1. The molecule has 2 rings (SSSR count). The maximum absolute atomic E-state index is 12.5. The second-order valence-corrected chi connectivity index (χ2v) is 8.97. The van der Waals surface area contributed by atoms with Gasteiger partial charge in [0.1, 0.15) is 18.4 Å². The lowest BCUT2D eigenvalue weighted by molar-refractivity contribution is -0.121. The highest BCUT2D eigenvalue weighted by Crippen LogP contribution is 2.23. The van der Waals surface area contributed by atoms with E-state index < -0.39 is 22.0 Å². The summed E-state index contributed by atoms with van der Waals surface area (Å²) in [6.45, 7) is 6.05. The zero-order valence-electron chi connectivity index (χ0n) is 16.4. The van der Waals surface area contributed by atoms with Gasteiger partial charge in [-0.05, 0) is 68.3 Å². The molecule has 1 atom stereocenters. The molecule has 0 fully saturated rings. The number of carbonyl (C=O) groups excluding carboxylic acids is 1. The SMILES string of the molecule is Cc1cc(C)cc(OCCNC(=O)[C@@H](C)N(c2ccc(Cl)cc2)S(C)(=O)=O)c1. The Labute approximate surface area is 171 Å². The molecule has 2 aromatic rings. The molecule has 1 N–H and O–H groups in total. The van der Waals surface area contributed by atoms with Crippen molar-refractivity contribution in [2.24, 2.45) is 0 Å². The molecule has 0 aliphatic rings. The van der Waals surface area contributed by atoms with Gasteiger partial charge in [-0.1, -0.05) is 17.7 Å². The number of anilines is 1. The van der Waals surface area contributed by atoms with E-state index in [0.717, 1.165) is 27.4 Å². The lowest BCUT2D eigenvalue weighted by Gasteiger charge is -2.28. The predicted octanol–water partition coefficient (Wildman–Crippen LogP) is 3.31. The lowest BCUT2D eigenvalue weighted by Crippen LogP contribution is -2.48. The van der Waals surface area contributed by atoms with Gasteiger partial charge in [0.15, 0.2) is 0 Å². The summed E-state index contributed by atoms with van der Waals surface area (Å²) in [7, 11) is -3.66. The Hall–Kier alpha value is -2.25. The van der Waals surface area contributed by atoms with Crippen LogP contribution in [0.3, 0.4) is 0 Å². The fourth-order valence-corrected chi connectivity index (χ4v) is 4.20. The molecule has 6 nitrogen and oxygen atoms in total. The second kappa shape index (κ2) is 9.30. The van der Waals surface area contributed by atoms with Crippen molar-refractivity contribution in [2.75, 3.05) is 23.7 Å². The van der Waals surface area contributed by atoms with Crippen molar-refractivity contribution in [3.05, 3.63) is 58.6 Å². The molecule has 0 saturated heterocycles. The fourth-order valence-electron chi connectivity index (χ4n) is 2.90. The fraction of sp³-hybridized carbons (Fsp3) is 0.350. The average molecular weight is 425 g/mol. The Balaban J connectivity index is 1.98. The van der Waals surface area contributed by atoms with E-state index in [1.165, 1.54) is 6.92 Å². The van der Waals surface area contributed by atoms with Crippen molar-refractivity contribution < 1.29 is 17.9 Å². The van der Waals surface area contributed by atoms with Crippen LogP contribution in [0, 0.1) is 13.8 Å². The van der Waals surface area contributed by atoms with Gasteiger partial charge < -0.3 is 10.1 Å². The van der Waals surface area contributed by atoms with Crippen LogP contribution >= 0.6 is 11.6 Å². The third kappa shape index (κ3) is 6.14. The van der Waals surface area contributed by atoms with Crippen molar-refractivity contribution >= 4 is 33.2 Å². The molecule has 0 aliphatic carbocycles. The van der Waals surface area contributed by atoms with E-state index in [1.54, 1.807) is 24.3 Å². The van der Waals surface area contributed by atoms with E-state index in [-0.39, 0.29) is 13.2 Å². The number of benzene rings is 2. The third-order valence-electron chi connectivity index (χ3n) is 4.03. The summed E-state index contributed by atoms with van der Waals surface area (Å²) < 4.78 is 31.2. The summed E-state index contributed by atoms with van der Waals surface area (Å²) in [5.41, 5.74) is 2.57. The maximum Gasteiger partial charge on any atom is 0.243 e. The highest BCUT2D eigenvalue weighted by atomic mass is 35.5. The molecule has 0 bridgehead atoms. The minimum atomic E-state index is -3.66. The first-order valence-electron chi connectivity index (χ1n) is 8.81. The number of aryl methyl sites for hydroxylation is 2. The molecule has 0 saturated carbocycles. The topological polar surface area (TPSA) is 75.7 Å². The van der Waals surface area contributed by atoms with Gasteiger partial charge in [0.25, 0.3) is 0 Å². The molecular formula is C20H25ClN2O4S. The van der Waals surface area contributed by atoms with Gasteiger partial charge in [0, 0.05) is 5.02 Å². The van der Waals surface area contributed by atoms with E-state index in [1.807, 2.05) is 32.0 Å². The molecule has 0 radical (unpaired) electrons. The Kier molecular flexibility index (Phi) is 7.32. The van der Waals surface area contributed by atoms with Gasteiger partial charge in [-0.3, -0.25) is 9.10 Å².